The quantitative estimate of drug-likeness (QED) is 0.694. The Hall–Kier alpha value is -2.63. The topological polar surface area (TPSA) is 54.7 Å². The molecule has 29 heavy (non-hydrogen) atoms. The maximum Gasteiger partial charge on any atom is 0.224 e. The molecule has 0 saturated carbocycles. The molecule has 0 atom stereocenters. The summed E-state index contributed by atoms with van der Waals surface area (Å²) in [7, 11) is 0. The third kappa shape index (κ3) is 4.69. The lowest BCUT2D eigenvalue weighted by Crippen LogP contribution is -2.36. The highest BCUT2D eigenvalue weighted by molar-refractivity contribution is 5.88. The van der Waals surface area contributed by atoms with Crippen molar-refractivity contribution in [3.63, 3.8) is 0 Å². The van der Waals surface area contributed by atoms with Crippen LogP contribution in [0.5, 0.6) is 0 Å². The summed E-state index contributed by atoms with van der Waals surface area (Å²) in [6, 6.07) is 12.5. The summed E-state index contributed by atoms with van der Waals surface area (Å²) in [4.78, 5) is 15.0. The van der Waals surface area contributed by atoms with E-state index in [1.165, 1.54) is 16.7 Å². The van der Waals surface area contributed by atoms with E-state index >= 15 is 0 Å². The van der Waals surface area contributed by atoms with E-state index in [1.807, 2.05) is 12.1 Å². The number of aryl methyl sites for hydroxylation is 2. The molecule has 3 aromatic rings. The van der Waals surface area contributed by atoms with E-state index in [9.17, 15) is 4.79 Å². The Balaban J connectivity index is 1.39. The van der Waals surface area contributed by atoms with E-state index < -0.39 is 0 Å². The van der Waals surface area contributed by atoms with Crippen molar-refractivity contribution in [1.29, 1.82) is 0 Å². The number of rotatable bonds is 6. The third-order valence-corrected chi connectivity index (χ3v) is 5.71. The number of hydrogen-bond acceptors (Lipinski definition) is 4. The average molecular weight is 392 g/mol. The monoisotopic (exact) mass is 392 g/mol. The lowest BCUT2D eigenvalue weighted by Gasteiger charge is -2.27. The molecule has 0 spiro atoms. The van der Waals surface area contributed by atoms with Gasteiger partial charge in [-0.3, -0.25) is 9.69 Å². The zero-order valence-corrected chi connectivity index (χ0v) is 17.2. The Morgan fingerprint density at radius 2 is 1.76 bits per heavy atom. The maximum atomic E-state index is 12.6. The van der Waals surface area contributed by atoms with Crippen LogP contribution >= 0.6 is 0 Å². The summed E-state index contributed by atoms with van der Waals surface area (Å²) in [6.45, 7) is 9.05. The molecule has 1 amide bonds. The summed E-state index contributed by atoms with van der Waals surface area (Å²) in [6.07, 6.45) is 2.02. The van der Waals surface area contributed by atoms with Gasteiger partial charge < -0.3 is 14.5 Å². The highest BCUT2D eigenvalue weighted by atomic mass is 16.5. The summed E-state index contributed by atoms with van der Waals surface area (Å²) in [5.74, 6) is 0.00658. The van der Waals surface area contributed by atoms with Crippen LogP contribution < -0.4 is 5.32 Å². The van der Waals surface area contributed by atoms with Crippen LogP contribution in [0, 0.1) is 13.8 Å². The number of benzene rings is 2. The smallest absolute Gasteiger partial charge is 0.224 e. The molecule has 4 rings (SSSR count). The second kappa shape index (κ2) is 8.80. The van der Waals surface area contributed by atoms with Crippen molar-refractivity contribution < 1.29 is 13.9 Å². The summed E-state index contributed by atoms with van der Waals surface area (Å²) in [5.41, 5.74) is 6.59. The molecule has 1 saturated heterocycles. The van der Waals surface area contributed by atoms with E-state index in [1.54, 1.807) is 6.26 Å². The third-order valence-electron chi connectivity index (χ3n) is 5.71. The number of carbonyl (C=O) groups is 1. The van der Waals surface area contributed by atoms with Crippen molar-refractivity contribution in [3.8, 4) is 0 Å². The first kappa shape index (κ1) is 19.7. The van der Waals surface area contributed by atoms with E-state index in [0.29, 0.717) is 13.0 Å². The minimum Gasteiger partial charge on any atom is -0.464 e. The molecule has 2 heterocycles. The van der Waals surface area contributed by atoms with Gasteiger partial charge in [0, 0.05) is 37.1 Å². The number of furan rings is 1. The molecular weight excluding hydrogens is 364 g/mol. The van der Waals surface area contributed by atoms with Crippen molar-refractivity contribution in [3.05, 3.63) is 70.5 Å². The largest absolute Gasteiger partial charge is 0.464 e. The minimum atomic E-state index is 0.00658. The van der Waals surface area contributed by atoms with Crippen LogP contribution in [-0.2, 0) is 29.0 Å². The number of hydrogen-bond donors (Lipinski definition) is 1. The highest BCUT2D eigenvalue weighted by Gasteiger charge is 2.14. The molecule has 0 radical (unpaired) electrons. The SMILES string of the molecule is Cc1cc2occ(CC(=O)NCc3ccccc3CN3CCOCC3)c2cc1C. The predicted octanol–water partition coefficient (Wildman–Crippen LogP) is 3.74. The number of fused-ring (bicyclic) bond motifs is 1. The maximum absolute atomic E-state index is 12.6. The summed E-state index contributed by atoms with van der Waals surface area (Å²) >= 11 is 0. The van der Waals surface area contributed by atoms with Crippen LogP contribution in [0.2, 0.25) is 0 Å². The normalized spacial score (nSPS) is 15.0. The summed E-state index contributed by atoms with van der Waals surface area (Å²) < 4.78 is 11.1. The van der Waals surface area contributed by atoms with Crippen LogP contribution in [0.3, 0.4) is 0 Å². The second-order valence-electron chi connectivity index (χ2n) is 7.80. The van der Waals surface area contributed by atoms with Crippen LogP contribution in [-0.4, -0.2) is 37.1 Å². The first-order chi connectivity index (χ1) is 14.1. The number of morpholine rings is 1. The van der Waals surface area contributed by atoms with Gasteiger partial charge in [-0.15, -0.1) is 0 Å². The molecule has 1 N–H and O–H groups in total. The van der Waals surface area contributed by atoms with Crippen LogP contribution in [0.25, 0.3) is 11.0 Å². The number of nitrogens with one attached hydrogen (secondary N) is 1. The van der Waals surface area contributed by atoms with Gasteiger partial charge in [0.15, 0.2) is 0 Å². The van der Waals surface area contributed by atoms with E-state index in [4.69, 9.17) is 9.15 Å². The lowest BCUT2D eigenvalue weighted by atomic mass is 10.0. The fourth-order valence-electron chi connectivity index (χ4n) is 3.79. The number of carbonyl (C=O) groups excluding carboxylic acids is 1. The fraction of sp³-hybridized carbons (Fsp3) is 0.375. The molecule has 1 fully saturated rings. The van der Waals surface area contributed by atoms with Gasteiger partial charge in [-0.1, -0.05) is 24.3 Å². The standard InChI is InChI=1S/C24H28N2O3/c1-17-11-22-21(16-29-23(22)12-18(17)2)13-24(27)25-14-19-5-3-4-6-20(19)15-26-7-9-28-10-8-26/h3-6,11-12,16H,7-10,13-15H2,1-2H3,(H,25,27). The van der Waals surface area contributed by atoms with Crippen molar-refractivity contribution in [2.24, 2.45) is 0 Å². The molecule has 0 bridgehead atoms. The number of ether oxygens (including phenoxy) is 1. The Bertz CT molecular complexity index is 1000. The van der Waals surface area contributed by atoms with E-state index in [0.717, 1.165) is 54.9 Å². The van der Waals surface area contributed by atoms with E-state index in [2.05, 4.69) is 48.3 Å². The van der Waals surface area contributed by atoms with Gasteiger partial charge in [0.25, 0.3) is 0 Å². The molecular formula is C24H28N2O3. The molecule has 0 aliphatic carbocycles. The molecule has 2 aromatic carbocycles. The zero-order chi connectivity index (χ0) is 20.2. The molecule has 0 unspecified atom stereocenters. The van der Waals surface area contributed by atoms with Gasteiger partial charge in [-0.2, -0.15) is 0 Å². The van der Waals surface area contributed by atoms with Crippen molar-refractivity contribution in [1.82, 2.24) is 10.2 Å². The van der Waals surface area contributed by atoms with Crippen molar-refractivity contribution in [2.45, 2.75) is 33.4 Å². The Kier molecular flexibility index (Phi) is 5.97. The summed E-state index contributed by atoms with van der Waals surface area (Å²) in [5, 5.41) is 4.11. The van der Waals surface area contributed by atoms with Gasteiger partial charge in [0.2, 0.25) is 5.91 Å². The molecule has 5 nitrogen and oxygen atoms in total. The number of amides is 1. The minimum absolute atomic E-state index is 0.00658. The van der Waals surface area contributed by atoms with Crippen LogP contribution in [0.15, 0.2) is 47.1 Å². The Labute approximate surface area is 171 Å². The molecule has 1 aromatic heterocycles. The van der Waals surface area contributed by atoms with Crippen LogP contribution in [0.4, 0.5) is 0 Å². The average Bonchev–Trinajstić information content (AvgIpc) is 3.10. The molecule has 5 heteroatoms. The zero-order valence-electron chi connectivity index (χ0n) is 17.2. The van der Waals surface area contributed by atoms with Crippen LogP contribution in [0.1, 0.15) is 27.8 Å². The number of nitrogens with zero attached hydrogens (tertiary/aromatic N) is 1. The first-order valence-corrected chi connectivity index (χ1v) is 10.2. The fourth-order valence-corrected chi connectivity index (χ4v) is 3.79. The van der Waals surface area contributed by atoms with Crippen molar-refractivity contribution in [2.75, 3.05) is 26.3 Å². The predicted molar refractivity (Wildman–Crippen MR) is 114 cm³/mol. The van der Waals surface area contributed by atoms with Gasteiger partial charge >= 0.3 is 0 Å². The van der Waals surface area contributed by atoms with Gasteiger partial charge in [0.1, 0.15) is 5.58 Å². The Morgan fingerprint density at radius 3 is 2.55 bits per heavy atom. The molecule has 152 valence electrons. The molecule has 1 aliphatic heterocycles. The van der Waals surface area contributed by atoms with Gasteiger partial charge in [-0.05, 0) is 48.2 Å². The Morgan fingerprint density at radius 1 is 1.03 bits per heavy atom. The van der Waals surface area contributed by atoms with Gasteiger partial charge in [0.05, 0.1) is 25.9 Å². The molecule has 1 aliphatic rings. The first-order valence-electron chi connectivity index (χ1n) is 10.2. The second-order valence-corrected chi connectivity index (χ2v) is 7.80. The van der Waals surface area contributed by atoms with Crippen molar-refractivity contribution >= 4 is 16.9 Å². The van der Waals surface area contributed by atoms with E-state index in [-0.39, 0.29) is 5.91 Å². The van der Waals surface area contributed by atoms with Gasteiger partial charge in [-0.25, -0.2) is 0 Å². The highest BCUT2D eigenvalue weighted by Crippen LogP contribution is 2.25. The lowest BCUT2D eigenvalue weighted by molar-refractivity contribution is -0.120.